The van der Waals surface area contributed by atoms with Gasteiger partial charge in [0.05, 0.1) is 10.6 Å². The highest BCUT2D eigenvalue weighted by molar-refractivity contribution is 6.31. The first kappa shape index (κ1) is 13.9. The predicted molar refractivity (Wildman–Crippen MR) is 71.4 cm³/mol. The molecular weight excluding hydrogens is 273 g/mol. The molecule has 0 aliphatic rings. The topological polar surface area (TPSA) is 0 Å². The minimum Gasteiger partial charge on any atom is -0.166 e. The SMILES string of the molecule is Cc1cc(C)cc(-c2ccc(Cl)c(C(F)(F)F)c2)c1. The largest absolute Gasteiger partial charge is 0.417 e. The second kappa shape index (κ2) is 4.89. The second-order valence-corrected chi connectivity index (χ2v) is 4.98. The fourth-order valence-electron chi connectivity index (χ4n) is 2.06. The van der Waals surface area contributed by atoms with Crippen LogP contribution in [0.2, 0.25) is 5.02 Å². The molecule has 0 heterocycles. The highest BCUT2D eigenvalue weighted by Crippen LogP contribution is 2.37. The Hall–Kier alpha value is -1.48. The summed E-state index contributed by atoms with van der Waals surface area (Å²) in [5, 5.41) is -0.277. The molecular formula is C15H12ClF3. The van der Waals surface area contributed by atoms with Crippen LogP contribution in [-0.4, -0.2) is 0 Å². The smallest absolute Gasteiger partial charge is 0.166 e. The third-order valence-corrected chi connectivity index (χ3v) is 3.16. The van der Waals surface area contributed by atoms with E-state index in [4.69, 9.17) is 11.6 Å². The Balaban J connectivity index is 2.58. The van der Waals surface area contributed by atoms with E-state index in [0.717, 1.165) is 22.8 Å². The van der Waals surface area contributed by atoms with Crippen molar-refractivity contribution in [3.63, 3.8) is 0 Å². The number of halogens is 4. The predicted octanol–water partition coefficient (Wildman–Crippen LogP) is 5.64. The van der Waals surface area contributed by atoms with Crippen molar-refractivity contribution in [3.8, 4) is 11.1 Å². The van der Waals surface area contributed by atoms with Crippen LogP contribution in [0.25, 0.3) is 11.1 Å². The summed E-state index contributed by atoms with van der Waals surface area (Å²) in [6, 6.07) is 9.68. The summed E-state index contributed by atoms with van der Waals surface area (Å²) >= 11 is 5.61. The molecule has 0 nitrogen and oxygen atoms in total. The lowest BCUT2D eigenvalue weighted by atomic mass is 9.99. The van der Waals surface area contributed by atoms with E-state index in [-0.39, 0.29) is 5.02 Å². The molecule has 2 aromatic carbocycles. The normalized spacial score (nSPS) is 11.7. The molecule has 19 heavy (non-hydrogen) atoms. The molecule has 2 rings (SSSR count). The van der Waals surface area contributed by atoms with Crippen molar-refractivity contribution in [2.75, 3.05) is 0 Å². The van der Waals surface area contributed by atoms with Gasteiger partial charge in [0, 0.05) is 0 Å². The number of hydrogen-bond acceptors (Lipinski definition) is 0. The fourth-order valence-corrected chi connectivity index (χ4v) is 2.29. The summed E-state index contributed by atoms with van der Waals surface area (Å²) in [4.78, 5) is 0. The lowest BCUT2D eigenvalue weighted by molar-refractivity contribution is -0.137. The van der Waals surface area contributed by atoms with Crippen molar-refractivity contribution >= 4 is 11.6 Å². The van der Waals surface area contributed by atoms with Crippen LogP contribution >= 0.6 is 11.6 Å². The first-order valence-electron chi connectivity index (χ1n) is 5.73. The minimum absolute atomic E-state index is 0.277. The molecule has 0 saturated carbocycles. The van der Waals surface area contributed by atoms with Gasteiger partial charge in [0.25, 0.3) is 0 Å². The number of benzene rings is 2. The van der Waals surface area contributed by atoms with Crippen LogP contribution in [-0.2, 0) is 6.18 Å². The quantitative estimate of drug-likeness (QED) is 0.635. The summed E-state index contributed by atoms with van der Waals surface area (Å²) < 4.78 is 38.5. The molecule has 0 aliphatic carbocycles. The molecule has 0 unspecified atom stereocenters. The molecule has 0 aliphatic heterocycles. The van der Waals surface area contributed by atoms with Crippen LogP contribution in [0.4, 0.5) is 13.2 Å². The third kappa shape index (κ3) is 3.10. The second-order valence-electron chi connectivity index (χ2n) is 4.57. The van der Waals surface area contributed by atoms with Gasteiger partial charge in [0.1, 0.15) is 0 Å². The van der Waals surface area contributed by atoms with Gasteiger partial charge in [-0.2, -0.15) is 13.2 Å². The molecule has 0 atom stereocenters. The first-order valence-corrected chi connectivity index (χ1v) is 6.10. The zero-order valence-corrected chi connectivity index (χ0v) is 11.2. The number of alkyl halides is 3. The van der Waals surface area contributed by atoms with Crippen LogP contribution in [0.5, 0.6) is 0 Å². The van der Waals surface area contributed by atoms with Gasteiger partial charge in [0.2, 0.25) is 0 Å². The molecule has 0 N–H and O–H groups in total. The van der Waals surface area contributed by atoms with Crippen molar-refractivity contribution in [3.05, 3.63) is 58.1 Å². The van der Waals surface area contributed by atoms with E-state index in [9.17, 15) is 13.2 Å². The molecule has 2 aromatic rings. The van der Waals surface area contributed by atoms with E-state index in [0.29, 0.717) is 5.56 Å². The molecule has 0 aromatic heterocycles. The van der Waals surface area contributed by atoms with E-state index in [1.807, 2.05) is 32.0 Å². The molecule has 0 spiro atoms. The molecule has 0 amide bonds. The van der Waals surface area contributed by atoms with Crippen molar-refractivity contribution in [1.82, 2.24) is 0 Å². The highest BCUT2D eigenvalue weighted by atomic mass is 35.5. The maximum absolute atomic E-state index is 12.8. The van der Waals surface area contributed by atoms with E-state index < -0.39 is 11.7 Å². The molecule has 0 radical (unpaired) electrons. The van der Waals surface area contributed by atoms with E-state index >= 15 is 0 Å². The van der Waals surface area contributed by atoms with Gasteiger partial charge < -0.3 is 0 Å². The zero-order chi connectivity index (χ0) is 14.2. The van der Waals surface area contributed by atoms with Crippen LogP contribution in [0.1, 0.15) is 16.7 Å². The Bertz CT molecular complexity index is 595. The van der Waals surface area contributed by atoms with Gasteiger partial charge in [-0.15, -0.1) is 0 Å². The fraction of sp³-hybridized carbons (Fsp3) is 0.200. The zero-order valence-electron chi connectivity index (χ0n) is 10.5. The summed E-state index contributed by atoms with van der Waals surface area (Å²) in [6.45, 7) is 3.83. The summed E-state index contributed by atoms with van der Waals surface area (Å²) in [6.07, 6.45) is -4.44. The lowest BCUT2D eigenvalue weighted by Gasteiger charge is -2.12. The first-order chi connectivity index (χ1) is 8.77. The maximum atomic E-state index is 12.8. The molecule has 4 heteroatoms. The van der Waals surface area contributed by atoms with Crippen LogP contribution in [0, 0.1) is 13.8 Å². The van der Waals surface area contributed by atoms with Gasteiger partial charge in [-0.3, -0.25) is 0 Å². The van der Waals surface area contributed by atoms with Gasteiger partial charge >= 0.3 is 6.18 Å². The molecule has 0 bridgehead atoms. The van der Waals surface area contributed by atoms with E-state index in [1.54, 1.807) is 6.07 Å². The van der Waals surface area contributed by atoms with Crippen LogP contribution < -0.4 is 0 Å². The molecule has 0 saturated heterocycles. The van der Waals surface area contributed by atoms with Crippen molar-refractivity contribution < 1.29 is 13.2 Å². The van der Waals surface area contributed by atoms with Crippen molar-refractivity contribution in [2.45, 2.75) is 20.0 Å². The van der Waals surface area contributed by atoms with Gasteiger partial charge in [-0.25, -0.2) is 0 Å². The van der Waals surface area contributed by atoms with Gasteiger partial charge in [-0.1, -0.05) is 47.0 Å². The van der Waals surface area contributed by atoms with Crippen LogP contribution in [0.3, 0.4) is 0 Å². The Morgan fingerprint density at radius 3 is 1.95 bits per heavy atom. The minimum atomic E-state index is -4.44. The summed E-state index contributed by atoms with van der Waals surface area (Å²) in [7, 11) is 0. The lowest BCUT2D eigenvalue weighted by Crippen LogP contribution is -2.05. The maximum Gasteiger partial charge on any atom is 0.417 e. The Morgan fingerprint density at radius 1 is 0.842 bits per heavy atom. The van der Waals surface area contributed by atoms with Gasteiger partial charge in [-0.05, 0) is 37.1 Å². The average Bonchev–Trinajstić information content (AvgIpc) is 2.26. The van der Waals surface area contributed by atoms with Crippen LogP contribution in [0.15, 0.2) is 36.4 Å². The molecule has 100 valence electrons. The average molecular weight is 285 g/mol. The van der Waals surface area contributed by atoms with Crippen molar-refractivity contribution in [1.29, 1.82) is 0 Å². The number of rotatable bonds is 1. The Kier molecular flexibility index (Phi) is 3.59. The highest BCUT2D eigenvalue weighted by Gasteiger charge is 2.33. The summed E-state index contributed by atoms with van der Waals surface area (Å²) in [5.41, 5.74) is 2.51. The van der Waals surface area contributed by atoms with E-state index in [1.165, 1.54) is 6.07 Å². The molecule has 0 fully saturated rings. The monoisotopic (exact) mass is 284 g/mol. The standard InChI is InChI=1S/C15H12ClF3/c1-9-5-10(2)7-12(6-9)11-3-4-14(16)13(8-11)15(17,18)19/h3-8H,1-2H3. The Morgan fingerprint density at radius 2 is 1.42 bits per heavy atom. The number of aryl methyl sites for hydroxylation is 2. The number of hydrogen-bond donors (Lipinski definition) is 0. The van der Waals surface area contributed by atoms with Gasteiger partial charge in [0.15, 0.2) is 0 Å². The van der Waals surface area contributed by atoms with Crippen molar-refractivity contribution in [2.24, 2.45) is 0 Å². The third-order valence-electron chi connectivity index (χ3n) is 2.83. The summed E-state index contributed by atoms with van der Waals surface area (Å²) in [5.74, 6) is 0. The van der Waals surface area contributed by atoms with E-state index in [2.05, 4.69) is 0 Å². The Labute approximate surface area is 114 Å².